The van der Waals surface area contributed by atoms with Crippen LogP contribution in [0.4, 0.5) is 10.5 Å². The van der Waals surface area contributed by atoms with E-state index in [4.69, 9.17) is 33.0 Å². The van der Waals surface area contributed by atoms with Crippen molar-refractivity contribution in [3.8, 4) is 12.2 Å². The van der Waals surface area contributed by atoms with Crippen LogP contribution in [0.2, 0.25) is 10.0 Å². The molecule has 0 saturated carbocycles. The molecule has 0 bridgehead atoms. The molecule has 1 aliphatic rings. The summed E-state index contributed by atoms with van der Waals surface area (Å²) < 4.78 is 5.35. The van der Waals surface area contributed by atoms with Gasteiger partial charge in [0.2, 0.25) is 0 Å². The van der Waals surface area contributed by atoms with Gasteiger partial charge in [0.1, 0.15) is 17.4 Å². The smallest absolute Gasteiger partial charge is 0.410 e. The molecular formula is C27H41Cl2N5O4. The number of carbonyl (C=O) groups excluding carboxylic acids is 2. The Bertz CT molecular complexity index is 1030. The minimum atomic E-state index is -0.524. The van der Waals surface area contributed by atoms with E-state index in [1.165, 1.54) is 6.20 Å². The number of aliphatic hydroxyl groups is 1. The number of likely N-dealkylation sites (tertiary alicyclic amines) is 1. The van der Waals surface area contributed by atoms with Crippen molar-refractivity contribution in [2.75, 3.05) is 18.4 Å². The van der Waals surface area contributed by atoms with Crippen LogP contribution in [0.25, 0.3) is 0 Å². The Hall–Kier alpha value is -3.09. The molecule has 9 nitrogen and oxygen atoms in total. The number of amides is 2. The lowest BCUT2D eigenvalue weighted by Gasteiger charge is -2.33. The highest BCUT2D eigenvalue weighted by atomic mass is 35.5. The molecule has 3 rings (SSSR count). The molecule has 1 aliphatic heterocycles. The zero-order chi connectivity index (χ0) is 29.3. The highest BCUT2D eigenvalue weighted by Crippen LogP contribution is 2.22. The van der Waals surface area contributed by atoms with E-state index in [0.717, 1.165) is 15.6 Å². The highest BCUT2D eigenvalue weighted by Gasteiger charge is 2.28. The van der Waals surface area contributed by atoms with E-state index < -0.39 is 5.60 Å². The first-order valence-electron chi connectivity index (χ1n) is 12.6. The molecule has 11 heteroatoms. The van der Waals surface area contributed by atoms with Gasteiger partial charge >= 0.3 is 6.09 Å². The van der Waals surface area contributed by atoms with Crippen molar-refractivity contribution in [2.45, 2.75) is 79.9 Å². The number of aliphatic hydroxyl groups excluding tert-OH is 1. The number of benzene rings is 1. The van der Waals surface area contributed by atoms with Crippen molar-refractivity contribution in [1.29, 1.82) is 0 Å². The number of hydrogen-bond acceptors (Lipinski definition) is 6. The van der Waals surface area contributed by atoms with Gasteiger partial charge in [-0.05, 0) is 58.2 Å². The Morgan fingerprint density at radius 2 is 1.68 bits per heavy atom. The van der Waals surface area contributed by atoms with Crippen LogP contribution in [-0.4, -0.2) is 56.9 Å². The van der Waals surface area contributed by atoms with E-state index in [1.54, 1.807) is 11.0 Å². The number of carbonyl (C=O) groups is 2. The Labute approximate surface area is 236 Å². The SMILES string of the molecule is CC.CC.CC(C)(C)OC(=O)N1CCC(NC(=O)c2[nH]ncc2NC#CO)CC1.Cc1c(Cl)cccc1Cl. The maximum Gasteiger partial charge on any atom is 0.410 e. The molecule has 212 valence electrons. The van der Waals surface area contributed by atoms with Gasteiger partial charge in [0.15, 0.2) is 0 Å². The second-order valence-corrected chi connectivity index (χ2v) is 9.40. The van der Waals surface area contributed by atoms with E-state index in [-0.39, 0.29) is 23.7 Å². The number of hydrogen-bond donors (Lipinski definition) is 4. The van der Waals surface area contributed by atoms with Gasteiger partial charge in [-0.2, -0.15) is 5.10 Å². The van der Waals surface area contributed by atoms with Gasteiger partial charge in [-0.25, -0.2) is 4.79 Å². The monoisotopic (exact) mass is 569 g/mol. The maximum atomic E-state index is 12.3. The molecule has 0 unspecified atom stereocenters. The summed E-state index contributed by atoms with van der Waals surface area (Å²) >= 11 is 11.5. The highest BCUT2D eigenvalue weighted by molar-refractivity contribution is 6.35. The van der Waals surface area contributed by atoms with Crippen molar-refractivity contribution in [2.24, 2.45) is 0 Å². The van der Waals surface area contributed by atoms with E-state index in [2.05, 4.69) is 26.9 Å². The van der Waals surface area contributed by atoms with Gasteiger partial charge in [-0.1, -0.05) is 57.0 Å². The number of aromatic nitrogens is 2. The molecule has 1 fully saturated rings. The summed E-state index contributed by atoms with van der Waals surface area (Å²) in [5, 5.41) is 21.8. The molecule has 2 aromatic rings. The predicted octanol–water partition coefficient (Wildman–Crippen LogP) is 6.60. The number of ether oxygens (including phenoxy) is 1. The van der Waals surface area contributed by atoms with Crippen LogP contribution in [0.15, 0.2) is 24.4 Å². The van der Waals surface area contributed by atoms with Crippen molar-refractivity contribution in [1.82, 2.24) is 20.4 Å². The van der Waals surface area contributed by atoms with Crippen LogP contribution in [-0.2, 0) is 4.74 Å². The number of H-pyrrole nitrogens is 1. The second-order valence-electron chi connectivity index (χ2n) is 8.58. The molecule has 0 radical (unpaired) electrons. The van der Waals surface area contributed by atoms with Gasteiger partial charge in [0.25, 0.3) is 5.91 Å². The molecule has 2 heterocycles. The van der Waals surface area contributed by atoms with E-state index in [1.807, 2.05) is 73.6 Å². The topological polar surface area (TPSA) is 120 Å². The minimum absolute atomic E-state index is 0.0498. The lowest BCUT2D eigenvalue weighted by Crippen LogP contribution is -2.47. The normalized spacial score (nSPS) is 12.5. The number of nitrogens with zero attached hydrogens (tertiary/aromatic N) is 2. The van der Waals surface area contributed by atoms with Crippen molar-refractivity contribution in [3.05, 3.63) is 45.7 Å². The Morgan fingerprint density at radius 3 is 2.16 bits per heavy atom. The summed E-state index contributed by atoms with van der Waals surface area (Å²) in [6.45, 7) is 16.4. The van der Waals surface area contributed by atoms with Gasteiger partial charge in [-0.15, -0.1) is 0 Å². The molecule has 0 spiro atoms. The average molecular weight is 571 g/mol. The van der Waals surface area contributed by atoms with Crippen LogP contribution in [0, 0.1) is 19.1 Å². The van der Waals surface area contributed by atoms with Gasteiger partial charge in [0, 0.05) is 29.2 Å². The first-order valence-corrected chi connectivity index (χ1v) is 13.4. The van der Waals surface area contributed by atoms with Gasteiger partial charge < -0.3 is 25.4 Å². The van der Waals surface area contributed by atoms with Crippen LogP contribution >= 0.6 is 23.2 Å². The number of rotatable bonds is 3. The second kappa shape index (κ2) is 18.2. The third-order valence-corrected chi connectivity index (χ3v) is 5.62. The van der Waals surface area contributed by atoms with Crippen molar-refractivity contribution < 1.29 is 19.4 Å². The summed E-state index contributed by atoms with van der Waals surface area (Å²) in [6.07, 6.45) is 4.05. The predicted molar refractivity (Wildman–Crippen MR) is 154 cm³/mol. The molecule has 38 heavy (non-hydrogen) atoms. The molecule has 1 aromatic heterocycles. The summed E-state index contributed by atoms with van der Waals surface area (Å²) in [5.41, 5.74) is 1.03. The zero-order valence-electron chi connectivity index (χ0n) is 23.5. The third kappa shape index (κ3) is 12.4. The standard InChI is InChI=1S/C16H23N5O4.C7H6Cl2.2C2H6/c1-16(2,3)25-15(24)21-7-4-11(5-8-21)19-14(23)13-12(10-18-20-13)17-6-9-22;1-5-6(8)3-2-4-7(5)9;2*1-2/h10-11,17,22H,4-5,7-8H2,1-3H3,(H,18,20)(H,19,23);2-4H,1H3;2*1-2H3. The molecule has 4 N–H and O–H groups in total. The Morgan fingerprint density at radius 1 is 1.13 bits per heavy atom. The fraction of sp³-hybridized carbons (Fsp3) is 0.519. The van der Waals surface area contributed by atoms with Gasteiger partial charge in [-0.3, -0.25) is 9.89 Å². The van der Waals surface area contributed by atoms with E-state index >= 15 is 0 Å². The largest absolute Gasteiger partial charge is 0.461 e. The van der Waals surface area contributed by atoms with Crippen LogP contribution in [0.1, 0.15) is 77.4 Å². The molecule has 1 aromatic carbocycles. The van der Waals surface area contributed by atoms with Crippen LogP contribution in [0.3, 0.4) is 0 Å². The molecule has 1 saturated heterocycles. The summed E-state index contributed by atoms with van der Waals surface area (Å²) in [7, 11) is 0. The zero-order valence-corrected chi connectivity index (χ0v) is 25.0. The molecular weight excluding hydrogens is 529 g/mol. The average Bonchev–Trinajstić information content (AvgIpc) is 3.37. The van der Waals surface area contributed by atoms with E-state index in [9.17, 15) is 9.59 Å². The number of anilines is 1. The fourth-order valence-corrected chi connectivity index (χ4v) is 3.42. The molecule has 2 amide bonds. The lowest BCUT2D eigenvalue weighted by atomic mass is 10.1. The Balaban J connectivity index is 0.000000875. The number of nitrogens with one attached hydrogen (secondary N) is 3. The van der Waals surface area contributed by atoms with Gasteiger partial charge in [0.05, 0.1) is 17.9 Å². The lowest BCUT2D eigenvalue weighted by molar-refractivity contribution is 0.0199. The first kappa shape index (κ1) is 34.9. The van der Waals surface area contributed by atoms with E-state index in [0.29, 0.717) is 31.6 Å². The third-order valence-electron chi connectivity index (χ3n) is 4.80. The molecule has 0 atom stereocenters. The fourth-order valence-electron chi connectivity index (χ4n) is 3.02. The Kier molecular flexibility index (Phi) is 16.7. The van der Waals surface area contributed by atoms with Crippen LogP contribution < -0.4 is 10.6 Å². The van der Waals surface area contributed by atoms with Crippen LogP contribution in [0.5, 0.6) is 0 Å². The maximum absolute atomic E-state index is 12.3. The quantitative estimate of drug-likeness (QED) is 0.244. The van der Waals surface area contributed by atoms with Crippen molar-refractivity contribution in [3.63, 3.8) is 0 Å². The van der Waals surface area contributed by atoms with Crippen molar-refractivity contribution >= 4 is 40.9 Å². The number of aromatic amines is 1. The minimum Gasteiger partial charge on any atom is -0.461 e. The summed E-state index contributed by atoms with van der Waals surface area (Å²) in [6, 6.07) is 7.67. The number of halogens is 2. The molecule has 0 aliphatic carbocycles. The summed E-state index contributed by atoms with van der Waals surface area (Å²) in [5.74, 6) is -0.324. The first-order chi connectivity index (χ1) is 18.0. The number of piperidine rings is 1. The summed E-state index contributed by atoms with van der Waals surface area (Å²) in [4.78, 5) is 26.0.